The summed E-state index contributed by atoms with van der Waals surface area (Å²) in [7, 11) is -2.61. The van der Waals surface area contributed by atoms with Crippen molar-refractivity contribution in [1.29, 1.82) is 0 Å². The van der Waals surface area contributed by atoms with E-state index in [1.165, 1.54) is 10.4 Å². The number of benzene rings is 2. The van der Waals surface area contributed by atoms with Gasteiger partial charge in [0.05, 0.1) is 38.7 Å². The molecule has 1 aliphatic carbocycles. The maximum Gasteiger partial charge on any atom is 0.261 e. The zero-order valence-electron chi connectivity index (χ0n) is 24.3. The van der Waals surface area contributed by atoms with Crippen molar-refractivity contribution in [1.82, 2.24) is 9.97 Å². The minimum Gasteiger partial charge on any atom is -0.401 e. The first-order chi connectivity index (χ1) is 19.5. The van der Waals surface area contributed by atoms with Crippen LogP contribution in [0.3, 0.4) is 0 Å². The molecule has 214 valence electrons. The molecule has 3 aromatic rings. The van der Waals surface area contributed by atoms with Gasteiger partial charge in [0.25, 0.3) is 8.32 Å². The lowest BCUT2D eigenvalue weighted by Crippen LogP contribution is -2.66. The highest BCUT2D eigenvalue weighted by atomic mass is 28.4. The van der Waals surface area contributed by atoms with Crippen molar-refractivity contribution in [3.05, 3.63) is 84.4 Å². The molecule has 0 bridgehead atoms. The molecule has 2 aromatic carbocycles. The number of rotatable bonds is 10. The first kappa shape index (κ1) is 29.1. The zero-order valence-corrected chi connectivity index (χ0v) is 25.3. The highest BCUT2D eigenvalue weighted by Crippen LogP contribution is 2.38. The van der Waals surface area contributed by atoms with Crippen molar-refractivity contribution in [2.24, 2.45) is 5.92 Å². The molecule has 2 heterocycles. The number of ether oxygens (including phenoxy) is 3. The topological polar surface area (TPSA) is 62.7 Å². The summed E-state index contributed by atoms with van der Waals surface area (Å²) >= 11 is 0. The number of nitrogens with zero attached hydrogens (tertiary/aromatic N) is 2. The number of hydrogen-bond acceptors (Lipinski definition) is 6. The van der Waals surface area contributed by atoms with Crippen molar-refractivity contribution in [2.45, 2.75) is 70.1 Å². The SMILES string of the molecule is CC(C)(C)[Si](OCc1ccnc(C2CCC(COCC3COCCO3)CC2)n1)(c1ccccc1)c1ccccc1. The molecule has 2 aliphatic rings. The highest BCUT2D eigenvalue weighted by molar-refractivity contribution is 6.99. The predicted molar refractivity (Wildman–Crippen MR) is 161 cm³/mol. The van der Waals surface area contributed by atoms with Crippen LogP contribution in [0.15, 0.2) is 72.9 Å². The van der Waals surface area contributed by atoms with E-state index in [0.29, 0.717) is 44.9 Å². The van der Waals surface area contributed by atoms with Crippen LogP contribution in [0.1, 0.15) is 63.9 Å². The third kappa shape index (κ3) is 6.89. The Bertz CT molecular complexity index is 1130. The largest absolute Gasteiger partial charge is 0.401 e. The van der Waals surface area contributed by atoms with E-state index in [2.05, 4.69) is 81.4 Å². The summed E-state index contributed by atoms with van der Waals surface area (Å²) in [5.41, 5.74) is 0.957. The van der Waals surface area contributed by atoms with Crippen LogP contribution in [0.5, 0.6) is 0 Å². The molecule has 1 aliphatic heterocycles. The first-order valence-electron chi connectivity index (χ1n) is 14.8. The van der Waals surface area contributed by atoms with Gasteiger partial charge >= 0.3 is 0 Å². The maximum absolute atomic E-state index is 7.12. The Labute approximate surface area is 240 Å². The number of hydrogen-bond donors (Lipinski definition) is 0. The van der Waals surface area contributed by atoms with E-state index >= 15 is 0 Å². The summed E-state index contributed by atoms with van der Waals surface area (Å²) in [6.07, 6.45) is 6.45. The predicted octanol–water partition coefficient (Wildman–Crippen LogP) is 5.26. The van der Waals surface area contributed by atoms with Crippen molar-refractivity contribution >= 4 is 18.7 Å². The molecule has 0 spiro atoms. The Morgan fingerprint density at radius 2 is 1.52 bits per heavy atom. The summed E-state index contributed by atoms with van der Waals surface area (Å²) in [5.74, 6) is 1.93. The molecule has 1 saturated heterocycles. The first-order valence-corrected chi connectivity index (χ1v) is 16.7. The molecular weight excluding hydrogens is 516 g/mol. The monoisotopic (exact) mass is 560 g/mol. The van der Waals surface area contributed by atoms with Crippen LogP contribution >= 0.6 is 0 Å². The zero-order chi connectivity index (χ0) is 27.8. The van der Waals surface area contributed by atoms with Crippen LogP contribution in [0.25, 0.3) is 0 Å². The summed E-state index contributed by atoms with van der Waals surface area (Å²) in [6, 6.07) is 23.6. The van der Waals surface area contributed by atoms with E-state index in [0.717, 1.165) is 43.8 Å². The summed E-state index contributed by atoms with van der Waals surface area (Å²) < 4.78 is 24.3. The molecule has 0 amide bonds. The van der Waals surface area contributed by atoms with Crippen molar-refractivity contribution in [3.63, 3.8) is 0 Å². The lowest BCUT2D eigenvalue weighted by atomic mass is 9.82. The molecule has 1 unspecified atom stereocenters. The fourth-order valence-corrected chi connectivity index (χ4v) is 10.7. The van der Waals surface area contributed by atoms with Crippen LogP contribution in [-0.2, 0) is 25.2 Å². The molecule has 2 fully saturated rings. The van der Waals surface area contributed by atoms with Gasteiger partial charge in [0.2, 0.25) is 0 Å². The van der Waals surface area contributed by atoms with Gasteiger partial charge in [-0.25, -0.2) is 9.97 Å². The van der Waals surface area contributed by atoms with Crippen LogP contribution in [0.4, 0.5) is 0 Å². The van der Waals surface area contributed by atoms with Crippen LogP contribution in [0.2, 0.25) is 5.04 Å². The molecule has 40 heavy (non-hydrogen) atoms. The van der Waals surface area contributed by atoms with Gasteiger partial charge in [-0.15, -0.1) is 0 Å². The Morgan fingerprint density at radius 1 is 0.850 bits per heavy atom. The molecule has 6 nitrogen and oxygen atoms in total. The van der Waals surface area contributed by atoms with Gasteiger partial charge in [-0.2, -0.15) is 0 Å². The summed E-state index contributed by atoms with van der Waals surface area (Å²) in [4.78, 5) is 9.75. The van der Waals surface area contributed by atoms with E-state index in [1.54, 1.807) is 0 Å². The molecule has 5 rings (SSSR count). The van der Waals surface area contributed by atoms with E-state index < -0.39 is 8.32 Å². The lowest BCUT2D eigenvalue weighted by molar-refractivity contribution is -0.118. The van der Waals surface area contributed by atoms with Gasteiger partial charge in [0, 0.05) is 18.7 Å². The molecule has 0 N–H and O–H groups in total. The Hall–Kier alpha value is -2.42. The van der Waals surface area contributed by atoms with Crippen molar-refractivity contribution in [2.75, 3.05) is 33.0 Å². The molecule has 1 aromatic heterocycles. The molecule has 1 saturated carbocycles. The Balaban J connectivity index is 1.23. The minimum atomic E-state index is -2.61. The second-order valence-electron chi connectivity index (χ2n) is 12.2. The second-order valence-corrected chi connectivity index (χ2v) is 16.5. The Morgan fingerprint density at radius 3 is 2.12 bits per heavy atom. The van der Waals surface area contributed by atoms with Crippen LogP contribution in [0, 0.1) is 5.92 Å². The van der Waals surface area contributed by atoms with Crippen LogP contribution in [-0.4, -0.2) is 57.4 Å². The fraction of sp³-hybridized carbons (Fsp3) is 0.515. The Kier molecular flexibility index (Phi) is 9.81. The normalized spacial score (nSPS) is 22.2. The van der Waals surface area contributed by atoms with Gasteiger partial charge < -0.3 is 18.6 Å². The quantitative estimate of drug-likeness (QED) is 0.315. The van der Waals surface area contributed by atoms with Gasteiger partial charge in [0.1, 0.15) is 11.9 Å². The van der Waals surface area contributed by atoms with E-state index in [-0.39, 0.29) is 11.1 Å². The van der Waals surface area contributed by atoms with Gasteiger partial charge in [-0.05, 0) is 53.1 Å². The summed E-state index contributed by atoms with van der Waals surface area (Å²) in [6.45, 7) is 10.8. The fourth-order valence-electron chi connectivity index (χ4n) is 6.22. The average molecular weight is 561 g/mol. The smallest absolute Gasteiger partial charge is 0.261 e. The molecule has 1 atom stereocenters. The maximum atomic E-state index is 7.12. The van der Waals surface area contributed by atoms with Gasteiger partial charge in [0.15, 0.2) is 0 Å². The third-order valence-corrected chi connectivity index (χ3v) is 13.3. The number of aromatic nitrogens is 2. The van der Waals surface area contributed by atoms with Gasteiger partial charge in [-0.3, -0.25) is 0 Å². The van der Waals surface area contributed by atoms with E-state index in [1.807, 2.05) is 12.3 Å². The van der Waals surface area contributed by atoms with Crippen molar-refractivity contribution < 1.29 is 18.6 Å². The molecular formula is C33H44N2O4Si. The highest BCUT2D eigenvalue weighted by Gasteiger charge is 2.50. The molecule has 0 radical (unpaired) electrons. The van der Waals surface area contributed by atoms with E-state index in [9.17, 15) is 0 Å². The van der Waals surface area contributed by atoms with E-state index in [4.69, 9.17) is 28.6 Å². The van der Waals surface area contributed by atoms with Gasteiger partial charge in [-0.1, -0.05) is 81.4 Å². The second kappa shape index (κ2) is 13.5. The third-order valence-electron chi connectivity index (χ3n) is 8.34. The van der Waals surface area contributed by atoms with Crippen LogP contribution < -0.4 is 10.4 Å². The standard InChI is InChI=1S/C33H44N2O4Si/c1-33(2,3)40(30-10-6-4-7-11-30,31-12-8-5-9-13-31)39-23-28-18-19-34-32(35-28)27-16-14-26(15-17-27)22-37-25-29-24-36-20-21-38-29/h4-13,18-19,26-27,29H,14-17,20-25H2,1-3H3. The minimum absolute atomic E-state index is 0.0673. The molecule has 7 heteroatoms. The lowest BCUT2D eigenvalue weighted by Gasteiger charge is -2.43. The summed E-state index contributed by atoms with van der Waals surface area (Å²) in [5, 5.41) is 2.50. The van der Waals surface area contributed by atoms with Crippen molar-refractivity contribution in [3.8, 4) is 0 Å². The average Bonchev–Trinajstić information content (AvgIpc) is 2.99.